The molecule has 0 aromatic carbocycles. The van der Waals surface area contributed by atoms with Crippen LogP contribution in [-0.2, 0) is 0 Å². The summed E-state index contributed by atoms with van der Waals surface area (Å²) >= 11 is 3.09. The number of nitrogens with one attached hydrogen (secondary N) is 5. The third kappa shape index (κ3) is 23.6. The van der Waals surface area contributed by atoms with E-state index in [9.17, 15) is 10.2 Å². The Morgan fingerprint density at radius 2 is 0.804 bits per heavy atom. The maximum atomic E-state index is 10.3. The predicted octanol–water partition coefficient (Wildman–Crippen LogP) is 8.92. The Kier molecular flexibility index (Phi) is 28.0. The van der Waals surface area contributed by atoms with E-state index < -0.39 is 5.91 Å². The van der Waals surface area contributed by atoms with Gasteiger partial charge < -0.3 is 15.5 Å². The average molecular weight is 757 g/mol. The lowest BCUT2D eigenvalue weighted by Crippen LogP contribution is -2.44. The van der Waals surface area contributed by atoms with Gasteiger partial charge in [0.15, 0.2) is 10.3 Å². The molecule has 10 nitrogen and oxygen atoms in total. The van der Waals surface area contributed by atoms with E-state index in [0.29, 0.717) is 34.0 Å². The molecule has 1 aromatic rings. The van der Waals surface area contributed by atoms with Crippen LogP contribution in [0.25, 0.3) is 0 Å². The lowest BCUT2D eigenvalue weighted by atomic mass is 9.99. The Morgan fingerprint density at radius 3 is 1.04 bits per heavy atom. The van der Waals surface area contributed by atoms with Crippen LogP contribution < -0.4 is 26.6 Å². The van der Waals surface area contributed by atoms with E-state index in [4.69, 9.17) is 4.98 Å². The molecule has 0 aliphatic rings. The summed E-state index contributed by atoms with van der Waals surface area (Å²) in [6.07, 6.45) is 19.2. The molecule has 0 amide bonds. The molecule has 1 rings (SSSR count). The summed E-state index contributed by atoms with van der Waals surface area (Å²) in [5.41, 5.74) is -0.196. The van der Waals surface area contributed by atoms with Gasteiger partial charge in [-0.25, -0.2) is 0 Å². The third-order valence-electron chi connectivity index (χ3n) is 9.93. The fourth-order valence-electron chi connectivity index (χ4n) is 6.10. The van der Waals surface area contributed by atoms with Crippen LogP contribution in [0.5, 0.6) is 0 Å². The predicted molar refractivity (Wildman–Crippen MR) is 221 cm³/mol. The highest BCUT2D eigenvalue weighted by Crippen LogP contribution is 2.26. The number of rotatable bonds is 34. The van der Waals surface area contributed by atoms with Crippen LogP contribution in [0.4, 0.5) is 5.95 Å². The van der Waals surface area contributed by atoms with E-state index in [1.165, 1.54) is 84.0 Å². The van der Waals surface area contributed by atoms with Crippen molar-refractivity contribution in [1.29, 1.82) is 0 Å². The molecule has 0 aliphatic carbocycles. The fourth-order valence-corrected chi connectivity index (χ4v) is 7.86. The van der Waals surface area contributed by atoms with Crippen molar-refractivity contribution in [2.24, 2.45) is 23.7 Å². The summed E-state index contributed by atoms with van der Waals surface area (Å²) in [4.78, 5) is 14.3. The zero-order chi connectivity index (χ0) is 37.9. The maximum Gasteiger partial charge on any atom is 0.243 e. The summed E-state index contributed by atoms with van der Waals surface area (Å²) in [6.45, 7) is 23.1. The summed E-state index contributed by atoms with van der Waals surface area (Å²) in [7, 11) is 0. The fraction of sp³-hybridized carbons (Fsp3) is 0.923. The molecule has 4 unspecified atom stereocenters. The van der Waals surface area contributed by atoms with Crippen LogP contribution in [0.2, 0.25) is 0 Å². The van der Waals surface area contributed by atoms with Crippen molar-refractivity contribution in [3.8, 4) is 0 Å². The Morgan fingerprint density at radius 1 is 0.510 bits per heavy atom. The van der Waals surface area contributed by atoms with Gasteiger partial charge in [-0.2, -0.15) is 15.0 Å². The van der Waals surface area contributed by atoms with Crippen molar-refractivity contribution in [1.82, 2.24) is 36.2 Å². The van der Waals surface area contributed by atoms with Crippen LogP contribution >= 0.6 is 23.5 Å². The number of thioether (sulfide) groups is 2. The smallest absolute Gasteiger partial charge is 0.243 e. The van der Waals surface area contributed by atoms with E-state index in [2.05, 4.69) is 91.9 Å². The molecule has 0 aliphatic heterocycles. The van der Waals surface area contributed by atoms with E-state index in [1.807, 2.05) is 0 Å². The maximum absolute atomic E-state index is 10.3. The second-order valence-corrected chi connectivity index (χ2v) is 16.8. The molecule has 0 radical (unpaired) electrons. The van der Waals surface area contributed by atoms with Crippen LogP contribution in [0.1, 0.15) is 165 Å². The number of aliphatic hydroxyl groups is 2. The lowest BCUT2D eigenvalue weighted by molar-refractivity contribution is -0.119. The van der Waals surface area contributed by atoms with Gasteiger partial charge in [0.1, 0.15) is 11.0 Å². The average Bonchev–Trinajstić information content (AvgIpc) is 3.10. The molecule has 0 spiro atoms. The Balaban J connectivity index is 3.38. The zero-order valence-corrected chi connectivity index (χ0v) is 35.8. The van der Waals surface area contributed by atoms with Gasteiger partial charge in [-0.1, -0.05) is 156 Å². The van der Waals surface area contributed by atoms with Gasteiger partial charge in [0.05, 0.1) is 0 Å². The molecule has 0 saturated carbocycles. The second-order valence-electron chi connectivity index (χ2n) is 14.7. The lowest BCUT2D eigenvalue weighted by Gasteiger charge is -2.26. The topological polar surface area (TPSA) is 139 Å². The molecule has 7 N–H and O–H groups in total. The van der Waals surface area contributed by atoms with Crippen LogP contribution in [0, 0.1) is 23.7 Å². The monoisotopic (exact) mass is 757 g/mol. The van der Waals surface area contributed by atoms with Gasteiger partial charge >= 0.3 is 0 Å². The van der Waals surface area contributed by atoms with Crippen molar-refractivity contribution in [2.75, 3.05) is 31.5 Å². The van der Waals surface area contributed by atoms with Gasteiger partial charge in [-0.05, 0) is 49.4 Å². The SMILES string of the molecule is CCCCC(CC)CNC(NCC(CC)CCCC)Sc1nc(NC(C)(O)O)nc(SC(NCC(CC)CCCC)NCC(CC)CCCC)n1. The zero-order valence-electron chi connectivity index (χ0n) is 34.2. The van der Waals surface area contributed by atoms with Crippen molar-refractivity contribution >= 4 is 29.5 Å². The van der Waals surface area contributed by atoms with Gasteiger partial charge in [-0.3, -0.25) is 21.3 Å². The Labute approximate surface area is 322 Å². The summed E-state index contributed by atoms with van der Waals surface area (Å²) in [5.74, 6) is 0.403. The minimum atomic E-state index is -2.17. The Bertz CT molecular complexity index is 869. The highest BCUT2D eigenvalue weighted by atomic mass is 32.2. The van der Waals surface area contributed by atoms with E-state index in [1.54, 1.807) is 23.5 Å². The quantitative estimate of drug-likeness (QED) is 0.0267. The van der Waals surface area contributed by atoms with Crippen LogP contribution in [0.3, 0.4) is 0 Å². The van der Waals surface area contributed by atoms with E-state index in [-0.39, 0.29) is 16.9 Å². The van der Waals surface area contributed by atoms with Crippen molar-refractivity contribution < 1.29 is 10.2 Å². The molecule has 0 fully saturated rings. The highest BCUT2D eigenvalue weighted by molar-refractivity contribution is 8.00. The third-order valence-corrected chi connectivity index (χ3v) is 11.9. The summed E-state index contributed by atoms with van der Waals surface area (Å²) < 4.78 is 0. The van der Waals surface area contributed by atoms with E-state index in [0.717, 1.165) is 51.9 Å². The molecule has 0 bridgehead atoms. The van der Waals surface area contributed by atoms with Gasteiger partial charge in [-0.15, -0.1) is 0 Å². The number of hydrogen-bond acceptors (Lipinski definition) is 12. The first-order valence-corrected chi connectivity index (χ1v) is 22.6. The van der Waals surface area contributed by atoms with Crippen LogP contribution in [0.15, 0.2) is 10.3 Å². The minimum Gasteiger partial charge on any atom is -0.349 e. The molecular weight excluding hydrogens is 677 g/mol. The first-order valence-electron chi connectivity index (χ1n) is 20.8. The molecular formula is C39H80N8O2S2. The van der Waals surface area contributed by atoms with Crippen molar-refractivity contribution in [2.45, 2.75) is 192 Å². The van der Waals surface area contributed by atoms with Crippen molar-refractivity contribution in [3.63, 3.8) is 0 Å². The first kappa shape index (κ1) is 48.3. The molecule has 1 aromatic heterocycles. The minimum absolute atomic E-state index is 0.0982. The number of nitrogens with zero attached hydrogens (tertiary/aromatic N) is 3. The molecule has 300 valence electrons. The molecule has 1 heterocycles. The first-order chi connectivity index (χ1) is 24.5. The Hall–Kier alpha value is -0.730. The molecule has 4 atom stereocenters. The normalized spacial score (nSPS) is 15.7. The molecule has 0 saturated heterocycles. The number of aromatic nitrogens is 3. The van der Waals surface area contributed by atoms with Crippen LogP contribution in [-0.4, -0.2) is 68.3 Å². The largest absolute Gasteiger partial charge is 0.349 e. The molecule has 12 heteroatoms. The number of hydrogen-bond donors (Lipinski definition) is 7. The number of anilines is 1. The standard InChI is InChI=1S/C39H80N8O2S2/c1-10-18-22-30(14-5)26-40-35(41-27-31(15-6)23-19-11-2)50-37-44-34(47-39(9,48)49)45-38(46-37)51-36(42-28-32(16-7)24-20-12-3)43-29-33(17-8)25-21-13-4/h30-33,35-36,40-43,48-49H,10-29H2,1-9H3,(H,44,45,46,47). The highest BCUT2D eigenvalue weighted by Gasteiger charge is 2.23. The van der Waals surface area contributed by atoms with E-state index >= 15 is 0 Å². The van der Waals surface area contributed by atoms with Gasteiger partial charge in [0.25, 0.3) is 0 Å². The van der Waals surface area contributed by atoms with Gasteiger partial charge in [0, 0.05) is 33.1 Å². The van der Waals surface area contributed by atoms with Crippen molar-refractivity contribution in [3.05, 3.63) is 0 Å². The summed E-state index contributed by atoms with van der Waals surface area (Å²) in [6, 6.07) is 0. The second kappa shape index (κ2) is 29.6. The summed E-state index contributed by atoms with van der Waals surface area (Å²) in [5, 5.41) is 39.5. The number of unbranched alkanes of at least 4 members (excludes halogenated alkanes) is 4. The molecule has 51 heavy (non-hydrogen) atoms. The van der Waals surface area contributed by atoms with Gasteiger partial charge in [0.2, 0.25) is 11.9 Å².